The fourth-order valence-electron chi connectivity index (χ4n) is 2.39. The molecule has 1 atom stereocenters. The summed E-state index contributed by atoms with van der Waals surface area (Å²) in [5, 5.41) is 10.4. The van der Waals surface area contributed by atoms with E-state index in [1.165, 1.54) is 6.92 Å². The standard InChI is InChI=1S/C15H18Cl2N2O3/c1-10(20)15(22)19-6-4-18(5-7-19)14(21)9-11-8-12(16)2-3-13(11)17/h2-3,8,10,20H,4-7,9H2,1H3. The normalized spacial score (nSPS) is 16.5. The van der Waals surface area contributed by atoms with Gasteiger partial charge in [-0.2, -0.15) is 0 Å². The van der Waals surface area contributed by atoms with E-state index in [1.807, 2.05) is 0 Å². The Hall–Kier alpha value is -1.30. The van der Waals surface area contributed by atoms with Gasteiger partial charge < -0.3 is 14.9 Å². The highest BCUT2D eigenvalue weighted by atomic mass is 35.5. The monoisotopic (exact) mass is 344 g/mol. The van der Waals surface area contributed by atoms with Crippen molar-refractivity contribution in [3.8, 4) is 0 Å². The Kier molecular flexibility index (Phi) is 5.67. The molecule has 7 heteroatoms. The average Bonchev–Trinajstić information content (AvgIpc) is 2.50. The number of rotatable bonds is 3. The van der Waals surface area contributed by atoms with E-state index in [9.17, 15) is 14.7 Å². The van der Waals surface area contributed by atoms with E-state index < -0.39 is 6.10 Å². The summed E-state index contributed by atoms with van der Waals surface area (Å²) in [5.41, 5.74) is 0.696. The molecule has 0 aromatic heterocycles. The maximum atomic E-state index is 12.3. The minimum absolute atomic E-state index is 0.0479. The molecule has 1 aliphatic heterocycles. The Morgan fingerprint density at radius 3 is 2.36 bits per heavy atom. The average molecular weight is 345 g/mol. The van der Waals surface area contributed by atoms with Crippen LogP contribution in [0.2, 0.25) is 10.0 Å². The lowest BCUT2D eigenvalue weighted by molar-refractivity contribution is -0.144. The number of carbonyl (C=O) groups excluding carboxylic acids is 2. The number of benzene rings is 1. The fraction of sp³-hybridized carbons (Fsp3) is 0.467. The summed E-state index contributed by atoms with van der Waals surface area (Å²) >= 11 is 12.0. The van der Waals surface area contributed by atoms with Crippen molar-refractivity contribution in [2.24, 2.45) is 0 Å². The Bertz CT molecular complexity index is 570. The molecule has 1 aromatic carbocycles. The molecule has 1 N–H and O–H groups in total. The van der Waals surface area contributed by atoms with Gasteiger partial charge in [-0.15, -0.1) is 0 Å². The Morgan fingerprint density at radius 1 is 1.18 bits per heavy atom. The van der Waals surface area contributed by atoms with Gasteiger partial charge in [0.25, 0.3) is 5.91 Å². The third-order valence-corrected chi connectivity index (χ3v) is 4.25. The number of piperazine rings is 1. The van der Waals surface area contributed by atoms with E-state index in [-0.39, 0.29) is 18.2 Å². The highest BCUT2D eigenvalue weighted by Crippen LogP contribution is 2.21. The SMILES string of the molecule is CC(O)C(=O)N1CCN(C(=O)Cc2cc(Cl)ccc2Cl)CC1. The molecule has 0 radical (unpaired) electrons. The van der Waals surface area contributed by atoms with Crippen molar-refractivity contribution in [1.82, 2.24) is 9.80 Å². The summed E-state index contributed by atoms with van der Waals surface area (Å²) in [5.74, 6) is -0.349. The minimum atomic E-state index is -1.01. The summed E-state index contributed by atoms with van der Waals surface area (Å²) in [7, 11) is 0. The lowest BCUT2D eigenvalue weighted by atomic mass is 10.1. The van der Waals surface area contributed by atoms with E-state index in [2.05, 4.69) is 0 Å². The smallest absolute Gasteiger partial charge is 0.251 e. The molecule has 0 saturated carbocycles. The summed E-state index contributed by atoms with van der Waals surface area (Å²) in [6.07, 6.45) is -0.823. The van der Waals surface area contributed by atoms with Crippen LogP contribution in [0.4, 0.5) is 0 Å². The van der Waals surface area contributed by atoms with Gasteiger partial charge in [-0.3, -0.25) is 9.59 Å². The first kappa shape index (κ1) is 17.1. The second kappa shape index (κ2) is 7.31. The van der Waals surface area contributed by atoms with E-state index in [0.717, 1.165) is 0 Å². The number of aliphatic hydroxyl groups is 1. The number of carbonyl (C=O) groups is 2. The third-order valence-electron chi connectivity index (χ3n) is 3.65. The van der Waals surface area contributed by atoms with Gasteiger partial charge in [0.05, 0.1) is 6.42 Å². The van der Waals surface area contributed by atoms with Gasteiger partial charge in [0, 0.05) is 36.2 Å². The van der Waals surface area contributed by atoms with Gasteiger partial charge in [-0.25, -0.2) is 0 Å². The molecule has 0 bridgehead atoms. The van der Waals surface area contributed by atoms with Gasteiger partial charge >= 0.3 is 0 Å². The van der Waals surface area contributed by atoms with Crippen LogP contribution in [0.15, 0.2) is 18.2 Å². The molecule has 1 aliphatic rings. The number of hydrogen-bond donors (Lipinski definition) is 1. The van der Waals surface area contributed by atoms with Gasteiger partial charge in [0.2, 0.25) is 5.91 Å². The number of aliphatic hydroxyl groups excluding tert-OH is 1. The summed E-state index contributed by atoms with van der Waals surface area (Å²) < 4.78 is 0. The molecule has 2 rings (SSSR count). The van der Waals surface area contributed by atoms with Crippen molar-refractivity contribution in [2.75, 3.05) is 26.2 Å². The van der Waals surface area contributed by atoms with Crippen LogP contribution in [0.1, 0.15) is 12.5 Å². The summed E-state index contributed by atoms with van der Waals surface area (Å²) in [6.45, 7) is 3.21. The molecule has 0 spiro atoms. The zero-order chi connectivity index (χ0) is 16.3. The Labute approximate surface area is 139 Å². The quantitative estimate of drug-likeness (QED) is 0.905. The second-order valence-corrected chi connectivity index (χ2v) is 6.14. The molecule has 1 fully saturated rings. The summed E-state index contributed by atoms with van der Waals surface area (Å²) in [4.78, 5) is 27.3. The topological polar surface area (TPSA) is 60.9 Å². The van der Waals surface area contributed by atoms with E-state index in [4.69, 9.17) is 23.2 Å². The molecule has 22 heavy (non-hydrogen) atoms. The van der Waals surface area contributed by atoms with Crippen LogP contribution in [-0.2, 0) is 16.0 Å². The lowest BCUT2D eigenvalue weighted by Crippen LogP contribution is -2.52. The van der Waals surface area contributed by atoms with Crippen molar-refractivity contribution in [2.45, 2.75) is 19.4 Å². The van der Waals surface area contributed by atoms with Crippen molar-refractivity contribution in [3.05, 3.63) is 33.8 Å². The fourth-order valence-corrected chi connectivity index (χ4v) is 2.77. The van der Waals surface area contributed by atoms with Crippen LogP contribution in [0.3, 0.4) is 0 Å². The van der Waals surface area contributed by atoms with E-state index in [1.54, 1.807) is 28.0 Å². The van der Waals surface area contributed by atoms with Gasteiger partial charge in [0.1, 0.15) is 6.10 Å². The third kappa shape index (κ3) is 4.12. The van der Waals surface area contributed by atoms with Gasteiger partial charge in [0.15, 0.2) is 0 Å². The van der Waals surface area contributed by atoms with Crippen molar-refractivity contribution in [3.63, 3.8) is 0 Å². The van der Waals surface area contributed by atoms with E-state index >= 15 is 0 Å². The first-order chi connectivity index (χ1) is 10.4. The zero-order valence-corrected chi connectivity index (χ0v) is 13.8. The van der Waals surface area contributed by atoms with Crippen molar-refractivity contribution >= 4 is 35.0 Å². The van der Waals surface area contributed by atoms with Crippen LogP contribution in [0.25, 0.3) is 0 Å². The van der Waals surface area contributed by atoms with Crippen LogP contribution in [0, 0.1) is 0 Å². The predicted molar refractivity (Wildman–Crippen MR) is 85.0 cm³/mol. The number of amides is 2. The van der Waals surface area contributed by atoms with Crippen LogP contribution in [0.5, 0.6) is 0 Å². The first-order valence-corrected chi connectivity index (χ1v) is 7.82. The van der Waals surface area contributed by atoms with Crippen LogP contribution >= 0.6 is 23.2 Å². The second-order valence-electron chi connectivity index (χ2n) is 5.29. The van der Waals surface area contributed by atoms with Crippen LogP contribution < -0.4 is 0 Å². The number of halogens is 2. The molecule has 5 nitrogen and oxygen atoms in total. The number of hydrogen-bond acceptors (Lipinski definition) is 3. The molecular formula is C15H18Cl2N2O3. The Balaban J connectivity index is 1.93. The van der Waals surface area contributed by atoms with E-state index in [0.29, 0.717) is 41.8 Å². The first-order valence-electron chi connectivity index (χ1n) is 7.07. The molecule has 1 saturated heterocycles. The molecule has 1 unspecified atom stereocenters. The maximum Gasteiger partial charge on any atom is 0.251 e. The maximum absolute atomic E-state index is 12.3. The highest BCUT2D eigenvalue weighted by molar-refractivity contribution is 6.33. The molecular weight excluding hydrogens is 327 g/mol. The molecule has 1 aromatic rings. The van der Waals surface area contributed by atoms with Crippen molar-refractivity contribution in [1.29, 1.82) is 0 Å². The lowest BCUT2D eigenvalue weighted by Gasteiger charge is -2.35. The van der Waals surface area contributed by atoms with Gasteiger partial charge in [-0.1, -0.05) is 23.2 Å². The molecule has 120 valence electrons. The predicted octanol–water partition coefficient (Wildman–Crippen LogP) is 1.59. The van der Waals surface area contributed by atoms with Crippen molar-refractivity contribution < 1.29 is 14.7 Å². The highest BCUT2D eigenvalue weighted by Gasteiger charge is 2.26. The molecule has 2 amide bonds. The van der Waals surface area contributed by atoms with Gasteiger partial charge in [-0.05, 0) is 30.7 Å². The zero-order valence-electron chi connectivity index (χ0n) is 12.3. The summed E-state index contributed by atoms with van der Waals surface area (Å²) in [6, 6.07) is 5.04. The van der Waals surface area contributed by atoms with Crippen LogP contribution in [-0.4, -0.2) is 59.0 Å². The minimum Gasteiger partial charge on any atom is -0.384 e. The number of nitrogens with zero attached hydrogens (tertiary/aromatic N) is 2. The Morgan fingerprint density at radius 2 is 1.77 bits per heavy atom. The molecule has 1 heterocycles. The largest absolute Gasteiger partial charge is 0.384 e. The molecule has 0 aliphatic carbocycles.